The van der Waals surface area contributed by atoms with Gasteiger partial charge in [-0.25, -0.2) is 0 Å². The number of halogens is 1. The van der Waals surface area contributed by atoms with E-state index in [4.69, 9.17) is 20.9 Å². The molecule has 0 saturated heterocycles. The molecule has 5 rings (SSSR count). The molecule has 0 fully saturated rings. The largest absolute Gasteiger partial charge is 0.436 e. The Kier molecular flexibility index (Phi) is 7.65. The van der Waals surface area contributed by atoms with Crippen molar-refractivity contribution in [3.05, 3.63) is 107 Å². The van der Waals surface area contributed by atoms with Crippen LogP contribution in [0.25, 0.3) is 0 Å². The van der Waals surface area contributed by atoms with Gasteiger partial charge >= 0.3 is 0 Å². The first-order chi connectivity index (χ1) is 18.5. The summed E-state index contributed by atoms with van der Waals surface area (Å²) in [5, 5.41) is 10.4. The molecule has 0 saturated carbocycles. The molecular weight excluding hydrogens is 506 g/mol. The van der Waals surface area contributed by atoms with Gasteiger partial charge in [0, 0.05) is 23.3 Å². The average molecular weight is 530 g/mol. The fourth-order valence-electron chi connectivity index (χ4n) is 3.88. The summed E-state index contributed by atoms with van der Waals surface area (Å²) in [5.74, 6) is -0.374. The summed E-state index contributed by atoms with van der Waals surface area (Å²) in [6.07, 6.45) is 1.42. The van der Waals surface area contributed by atoms with Gasteiger partial charge in [-0.05, 0) is 52.7 Å². The molecule has 192 valence electrons. The third kappa shape index (κ3) is 6.19. The van der Waals surface area contributed by atoms with Gasteiger partial charge in [0.1, 0.15) is 17.9 Å². The SMILES string of the molecule is O=C(NCc1ccccc1)C1CN=C(Nc2ccc(Oc3ccon3)cc2)N(Cc2ccc(Cl)cc2)C1=O. The van der Waals surface area contributed by atoms with E-state index >= 15 is 0 Å². The maximum absolute atomic E-state index is 13.6. The lowest BCUT2D eigenvalue weighted by atomic mass is 10.0. The van der Waals surface area contributed by atoms with Crippen LogP contribution < -0.4 is 15.4 Å². The minimum atomic E-state index is -0.935. The standard InChI is InChI=1S/C28H24ClN5O4/c29-21-8-6-20(7-9-21)18-34-27(36)24(26(35)30-16-19-4-2-1-3-5-19)17-31-28(34)32-22-10-12-23(13-11-22)38-25-14-15-37-33-25/h1-15,24H,16-18H2,(H,30,35)(H,31,32). The number of rotatable bonds is 8. The van der Waals surface area contributed by atoms with Crippen molar-refractivity contribution >= 4 is 35.1 Å². The van der Waals surface area contributed by atoms with Crippen LogP contribution in [-0.4, -0.2) is 34.4 Å². The first-order valence-corrected chi connectivity index (χ1v) is 12.3. The molecule has 9 nitrogen and oxygen atoms in total. The van der Waals surface area contributed by atoms with Crippen LogP contribution in [0.1, 0.15) is 11.1 Å². The summed E-state index contributed by atoms with van der Waals surface area (Å²) in [7, 11) is 0. The summed E-state index contributed by atoms with van der Waals surface area (Å²) >= 11 is 6.04. The Hall–Kier alpha value is -4.63. The minimum Gasteiger partial charge on any atom is -0.436 e. The number of nitrogens with zero attached hydrogens (tertiary/aromatic N) is 3. The molecule has 10 heteroatoms. The molecule has 1 aromatic heterocycles. The molecule has 4 aromatic rings. The highest BCUT2D eigenvalue weighted by molar-refractivity contribution is 6.30. The molecule has 0 radical (unpaired) electrons. The summed E-state index contributed by atoms with van der Waals surface area (Å²) < 4.78 is 10.4. The number of hydrogen-bond acceptors (Lipinski definition) is 7. The number of aromatic nitrogens is 1. The lowest BCUT2D eigenvalue weighted by Crippen LogP contribution is -2.52. The Morgan fingerprint density at radius 1 is 1.00 bits per heavy atom. The van der Waals surface area contributed by atoms with E-state index < -0.39 is 5.92 Å². The quantitative estimate of drug-likeness (QED) is 0.315. The zero-order valence-electron chi connectivity index (χ0n) is 20.2. The number of carbonyl (C=O) groups excluding carboxylic acids is 2. The highest BCUT2D eigenvalue weighted by atomic mass is 35.5. The number of benzene rings is 3. The highest BCUT2D eigenvalue weighted by Gasteiger charge is 2.36. The van der Waals surface area contributed by atoms with E-state index in [9.17, 15) is 9.59 Å². The van der Waals surface area contributed by atoms with Crippen molar-refractivity contribution in [2.24, 2.45) is 10.9 Å². The number of nitrogens with one attached hydrogen (secondary N) is 2. The zero-order chi connectivity index (χ0) is 26.3. The van der Waals surface area contributed by atoms with E-state index in [1.807, 2.05) is 42.5 Å². The van der Waals surface area contributed by atoms with Crippen LogP contribution in [0.5, 0.6) is 11.6 Å². The lowest BCUT2D eigenvalue weighted by molar-refractivity contribution is -0.140. The minimum absolute atomic E-state index is 0.0340. The van der Waals surface area contributed by atoms with Crippen molar-refractivity contribution in [3.63, 3.8) is 0 Å². The van der Waals surface area contributed by atoms with E-state index in [-0.39, 0.29) is 24.9 Å². The summed E-state index contributed by atoms with van der Waals surface area (Å²) in [5.41, 5.74) is 2.49. The van der Waals surface area contributed by atoms with Crippen LogP contribution in [-0.2, 0) is 22.7 Å². The van der Waals surface area contributed by atoms with Crippen LogP contribution in [0.2, 0.25) is 5.02 Å². The van der Waals surface area contributed by atoms with Gasteiger partial charge in [0.25, 0.3) is 5.88 Å². The maximum atomic E-state index is 13.6. The van der Waals surface area contributed by atoms with Crippen molar-refractivity contribution in [3.8, 4) is 11.6 Å². The Morgan fingerprint density at radius 3 is 2.47 bits per heavy atom. The fraction of sp³-hybridized carbons (Fsp3) is 0.143. The normalized spacial score (nSPS) is 15.1. The molecular formula is C28H24ClN5O4. The second kappa shape index (κ2) is 11.6. The van der Waals surface area contributed by atoms with Crippen LogP contribution in [0.4, 0.5) is 5.69 Å². The van der Waals surface area contributed by atoms with Gasteiger partial charge in [0.15, 0.2) is 0 Å². The molecule has 1 atom stereocenters. The molecule has 0 aliphatic carbocycles. The van der Waals surface area contributed by atoms with Gasteiger partial charge in [0.2, 0.25) is 17.8 Å². The predicted molar refractivity (Wildman–Crippen MR) is 143 cm³/mol. The fourth-order valence-corrected chi connectivity index (χ4v) is 4.01. The molecule has 2 N–H and O–H groups in total. The molecule has 2 heterocycles. The van der Waals surface area contributed by atoms with E-state index in [0.29, 0.717) is 34.8 Å². The summed E-state index contributed by atoms with van der Waals surface area (Å²) in [4.78, 5) is 32.6. The number of carbonyl (C=O) groups is 2. The third-order valence-corrected chi connectivity index (χ3v) is 6.12. The second-order valence-corrected chi connectivity index (χ2v) is 9.00. The maximum Gasteiger partial charge on any atom is 0.259 e. The molecule has 1 aliphatic heterocycles. The van der Waals surface area contributed by atoms with E-state index in [2.05, 4.69) is 20.8 Å². The van der Waals surface area contributed by atoms with Gasteiger partial charge in [-0.15, -0.1) is 0 Å². The van der Waals surface area contributed by atoms with E-state index in [1.165, 1.54) is 11.2 Å². The Balaban J connectivity index is 1.32. The van der Waals surface area contributed by atoms with Crippen molar-refractivity contribution in [2.75, 3.05) is 11.9 Å². The van der Waals surface area contributed by atoms with Crippen LogP contribution in [0.3, 0.4) is 0 Å². The number of hydrogen-bond donors (Lipinski definition) is 2. The van der Waals surface area contributed by atoms with E-state index in [0.717, 1.165) is 11.1 Å². The van der Waals surface area contributed by atoms with Gasteiger partial charge in [0.05, 0.1) is 13.1 Å². The monoisotopic (exact) mass is 529 g/mol. The Morgan fingerprint density at radius 2 is 1.76 bits per heavy atom. The predicted octanol–water partition coefficient (Wildman–Crippen LogP) is 4.86. The average Bonchev–Trinajstić information content (AvgIpc) is 3.45. The Bertz CT molecular complexity index is 1410. The van der Waals surface area contributed by atoms with Crippen molar-refractivity contribution in [1.29, 1.82) is 0 Å². The van der Waals surface area contributed by atoms with Crippen molar-refractivity contribution in [2.45, 2.75) is 13.1 Å². The van der Waals surface area contributed by atoms with Crippen LogP contribution >= 0.6 is 11.6 Å². The second-order valence-electron chi connectivity index (χ2n) is 8.56. The van der Waals surface area contributed by atoms with E-state index in [1.54, 1.807) is 42.5 Å². The number of anilines is 1. The molecule has 0 spiro atoms. The number of guanidine groups is 1. The third-order valence-electron chi connectivity index (χ3n) is 5.87. The van der Waals surface area contributed by atoms with Crippen molar-refractivity contribution < 1.29 is 18.8 Å². The Labute approximate surface area is 224 Å². The molecule has 2 amide bonds. The number of ether oxygens (including phenoxy) is 1. The zero-order valence-corrected chi connectivity index (χ0v) is 21.0. The molecule has 0 bridgehead atoms. The van der Waals surface area contributed by atoms with Crippen LogP contribution in [0.15, 0.2) is 101 Å². The van der Waals surface area contributed by atoms with Crippen LogP contribution in [0, 0.1) is 5.92 Å². The topological polar surface area (TPSA) is 109 Å². The smallest absolute Gasteiger partial charge is 0.259 e. The lowest BCUT2D eigenvalue weighted by Gasteiger charge is -2.32. The highest BCUT2D eigenvalue weighted by Crippen LogP contribution is 2.23. The molecule has 3 aromatic carbocycles. The molecule has 1 aliphatic rings. The molecule has 1 unspecified atom stereocenters. The number of aliphatic imine (C=N–C) groups is 1. The van der Waals surface area contributed by atoms with Crippen molar-refractivity contribution in [1.82, 2.24) is 15.4 Å². The summed E-state index contributed by atoms with van der Waals surface area (Å²) in [6.45, 7) is 0.585. The van der Waals surface area contributed by atoms with Gasteiger partial charge in [-0.2, -0.15) is 0 Å². The van der Waals surface area contributed by atoms with Gasteiger partial charge < -0.3 is 19.9 Å². The summed E-state index contributed by atoms with van der Waals surface area (Å²) in [6, 6.07) is 25.4. The van der Waals surface area contributed by atoms with Gasteiger partial charge in [-0.3, -0.25) is 19.5 Å². The number of amides is 2. The van der Waals surface area contributed by atoms with Gasteiger partial charge in [-0.1, -0.05) is 54.1 Å². The first-order valence-electron chi connectivity index (χ1n) is 11.9. The molecule has 38 heavy (non-hydrogen) atoms. The first kappa shape index (κ1) is 25.0.